The summed E-state index contributed by atoms with van der Waals surface area (Å²) in [4.78, 5) is 22.6. The zero-order chi connectivity index (χ0) is 10.3. The lowest BCUT2D eigenvalue weighted by Gasteiger charge is -2.13. The maximum atomic E-state index is 12.8. The molecule has 0 radical (unpaired) electrons. The summed E-state index contributed by atoms with van der Waals surface area (Å²) >= 11 is 0. The van der Waals surface area contributed by atoms with E-state index in [-0.39, 0.29) is 18.2 Å². The van der Waals surface area contributed by atoms with E-state index in [4.69, 9.17) is 0 Å². The molecule has 2 N–H and O–H groups in total. The number of alkyl halides is 1. The first-order valence-corrected chi connectivity index (χ1v) is 4.77. The Morgan fingerprint density at radius 3 is 2.79 bits per heavy atom. The van der Waals surface area contributed by atoms with E-state index in [0.717, 1.165) is 0 Å². The van der Waals surface area contributed by atoms with Gasteiger partial charge in [-0.15, -0.1) is 0 Å². The highest BCUT2D eigenvalue weighted by Gasteiger charge is 2.57. The fraction of sp³-hybridized carbons (Fsp3) is 0.778. The second-order valence-electron chi connectivity index (χ2n) is 4.19. The molecule has 4 nitrogen and oxygen atoms in total. The van der Waals surface area contributed by atoms with Gasteiger partial charge in [-0.05, 0) is 19.8 Å². The van der Waals surface area contributed by atoms with Crippen molar-refractivity contribution in [2.45, 2.75) is 32.0 Å². The summed E-state index contributed by atoms with van der Waals surface area (Å²) in [6, 6.07) is -0.466. The summed E-state index contributed by atoms with van der Waals surface area (Å²) < 4.78 is 12.8. The van der Waals surface area contributed by atoms with E-state index >= 15 is 0 Å². The molecule has 2 aliphatic rings. The number of hydrogen-bond donors (Lipinski definition) is 2. The minimum Gasteiger partial charge on any atom is -0.354 e. The van der Waals surface area contributed by atoms with Crippen molar-refractivity contribution in [3.8, 4) is 0 Å². The molecular weight excluding hydrogens is 187 g/mol. The monoisotopic (exact) mass is 200 g/mol. The van der Waals surface area contributed by atoms with Gasteiger partial charge < -0.3 is 10.6 Å². The molecule has 0 aromatic rings. The lowest BCUT2D eigenvalue weighted by molar-refractivity contribution is -0.130. The van der Waals surface area contributed by atoms with Crippen LogP contribution in [0.3, 0.4) is 0 Å². The number of hydrogen-bond acceptors (Lipinski definition) is 2. The van der Waals surface area contributed by atoms with Crippen molar-refractivity contribution in [1.82, 2.24) is 10.6 Å². The highest BCUT2D eigenvalue weighted by molar-refractivity contribution is 5.92. The largest absolute Gasteiger partial charge is 0.354 e. The van der Waals surface area contributed by atoms with Gasteiger partial charge in [-0.25, -0.2) is 4.39 Å². The minimum atomic E-state index is -1.05. The number of halogens is 1. The van der Waals surface area contributed by atoms with Gasteiger partial charge in [0.15, 0.2) is 0 Å². The molecule has 78 valence electrons. The Labute approximate surface area is 81.2 Å². The first-order chi connectivity index (χ1) is 6.54. The predicted octanol–water partition coefficient (Wildman–Crippen LogP) is -0.261. The zero-order valence-electron chi connectivity index (χ0n) is 7.97. The van der Waals surface area contributed by atoms with Crippen LogP contribution in [-0.4, -0.2) is 30.6 Å². The minimum absolute atomic E-state index is 0.169. The summed E-state index contributed by atoms with van der Waals surface area (Å²) in [6.45, 7) is 2.17. The molecule has 0 aromatic carbocycles. The van der Waals surface area contributed by atoms with Gasteiger partial charge in [0.25, 0.3) is 0 Å². The summed E-state index contributed by atoms with van der Waals surface area (Å²) in [5.41, 5.74) is -0.886. The van der Waals surface area contributed by atoms with Crippen LogP contribution in [0.15, 0.2) is 0 Å². The normalized spacial score (nSPS) is 40.6. The quantitative estimate of drug-likeness (QED) is 0.645. The maximum absolute atomic E-state index is 12.8. The average molecular weight is 200 g/mol. The van der Waals surface area contributed by atoms with E-state index in [1.54, 1.807) is 6.92 Å². The molecule has 2 fully saturated rings. The van der Waals surface area contributed by atoms with Crippen LogP contribution >= 0.6 is 0 Å². The molecule has 14 heavy (non-hydrogen) atoms. The number of amides is 2. The number of nitrogens with one attached hydrogen (secondary N) is 2. The van der Waals surface area contributed by atoms with Gasteiger partial charge in [-0.1, -0.05) is 0 Å². The van der Waals surface area contributed by atoms with Crippen LogP contribution in [0.4, 0.5) is 4.39 Å². The van der Waals surface area contributed by atoms with Gasteiger partial charge in [0.2, 0.25) is 11.8 Å². The Kier molecular flexibility index (Phi) is 1.97. The van der Waals surface area contributed by atoms with Crippen molar-refractivity contribution in [1.29, 1.82) is 0 Å². The van der Waals surface area contributed by atoms with Gasteiger partial charge in [-0.3, -0.25) is 9.59 Å². The van der Waals surface area contributed by atoms with Crippen molar-refractivity contribution < 1.29 is 14.0 Å². The molecular formula is C9H13FN2O2. The van der Waals surface area contributed by atoms with Crippen LogP contribution in [0.25, 0.3) is 0 Å². The summed E-state index contributed by atoms with van der Waals surface area (Å²) in [7, 11) is 0. The molecule has 0 aromatic heterocycles. The van der Waals surface area contributed by atoms with Crippen LogP contribution in [-0.2, 0) is 9.59 Å². The molecule has 0 bridgehead atoms. The number of carbonyl (C=O) groups is 2. The molecule has 1 saturated carbocycles. The number of rotatable bonds is 2. The lowest BCUT2D eigenvalue weighted by Crippen LogP contribution is -2.43. The van der Waals surface area contributed by atoms with E-state index in [1.807, 2.05) is 0 Å². The predicted molar refractivity (Wildman–Crippen MR) is 47.2 cm³/mol. The van der Waals surface area contributed by atoms with E-state index < -0.39 is 17.6 Å². The van der Waals surface area contributed by atoms with Crippen LogP contribution in [0.1, 0.15) is 19.8 Å². The van der Waals surface area contributed by atoms with Crippen LogP contribution in [0.2, 0.25) is 0 Å². The third-order valence-corrected chi connectivity index (χ3v) is 3.01. The molecule has 2 unspecified atom stereocenters. The Bertz CT molecular complexity index is 295. The lowest BCUT2D eigenvalue weighted by atomic mass is 10.1. The fourth-order valence-corrected chi connectivity index (χ4v) is 1.60. The first kappa shape index (κ1) is 9.43. The maximum Gasteiger partial charge on any atom is 0.242 e. The smallest absolute Gasteiger partial charge is 0.242 e. The topological polar surface area (TPSA) is 58.2 Å². The van der Waals surface area contributed by atoms with Crippen molar-refractivity contribution in [3.05, 3.63) is 0 Å². The Balaban J connectivity index is 1.92. The third kappa shape index (κ3) is 1.36. The molecule has 1 aliphatic carbocycles. The molecule has 1 saturated heterocycles. The molecule has 2 rings (SSSR count). The Morgan fingerprint density at radius 1 is 1.71 bits per heavy atom. The van der Waals surface area contributed by atoms with Crippen molar-refractivity contribution in [2.24, 2.45) is 5.41 Å². The molecule has 1 heterocycles. The molecule has 5 heteroatoms. The fourth-order valence-electron chi connectivity index (χ4n) is 1.60. The molecule has 2 amide bonds. The second-order valence-corrected chi connectivity index (χ2v) is 4.19. The SMILES string of the molecule is CC1(C(=O)N[C@H]2CCNC2=O)CC1F. The highest BCUT2D eigenvalue weighted by atomic mass is 19.1. The van der Waals surface area contributed by atoms with Gasteiger partial charge in [0.05, 0.1) is 5.41 Å². The summed E-state index contributed by atoms with van der Waals surface area (Å²) in [6.07, 6.45) is -0.183. The molecule has 3 atom stereocenters. The van der Waals surface area contributed by atoms with E-state index in [2.05, 4.69) is 10.6 Å². The first-order valence-electron chi connectivity index (χ1n) is 4.77. The highest BCUT2D eigenvalue weighted by Crippen LogP contribution is 2.48. The van der Waals surface area contributed by atoms with Gasteiger partial charge in [0.1, 0.15) is 12.2 Å². The Morgan fingerprint density at radius 2 is 2.36 bits per heavy atom. The van der Waals surface area contributed by atoms with Crippen LogP contribution in [0, 0.1) is 5.41 Å². The van der Waals surface area contributed by atoms with Gasteiger partial charge in [0, 0.05) is 6.54 Å². The summed E-state index contributed by atoms with van der Waals surface area (Å²) in [5.74, 6) is -0.509. The van der Waals surface area contributed by atoms with Crippen molar-refractivity contribution in [3.63, 3.8) is 0 Å². The Hall–Kier alpha value is -1.13. The second kappa shape index (κ2) is 2.93. The van der Waals surface area contributed by atoms with E-state index in [1.165, 1.54) is 0 Å². The van der Waals surface area contributed by atoms with Gasteiger partial charge >= 0.3 is 0 Å². The van der Waals surface area contributed by atoms with E-state index in [9.17, 15) is 14.0 Å². The third-order valence-electron chi connectivity index (χ3n) is 3.01. The zero-order valence-corrected chi connectivity index (χ0v) is 7.97. The van der Waals surface area contributed by atoms with Crippen LogP contribution < -0.4 is 10.6 Å². The average Bonchev–Trinajstić information content (AvgIpc) is 2.55. The standard InChI is InChI=1S/C9H13FN2O2/c1-9(4-6(9)10)8(14)12-5-2-3-11-7(5)13/h5-6H,2-4H2,1H3,(H,11,13)(H,12,14)/t5-,6?,9?/m0/s1. The number of carbonyl (C=O) groups excluding carboxylic acids is 2. The van der Waals surface area contributed by atoms with Crippen LogP contribution in [0.5, 0.6) is 0 Å². The summed E-state index contributed by atoms with van der Waals surface area (Å²) in [5, 5.41) is 5.18. The molecule has 1 aliphatic heterocycles. The van der Waals surface area contributed by atoms with Gasteiger partial charge in [-0.2, -0.15) is 0 Å². The van der Waals surface area contributed by atoms with Crippen molar-refractivity contribution in [2.75, 3.05) is 6.54 Å². The van der Waals surface area contributed by atoms with Crippen molar-refractivity contribution >= 4 is 11.8 Å². The van der Waals surface area contributed by atoms with E-state index in [0.29, 0.717) is 13.0 Å². The molecule has 0 spiro atoms.